The Morgan fingerprint density at radius 1 is 0.756 bits per heavy atom. The maximum atomic E-state index is 14.8. The molecule has 0 bridgehead atoms. The van der Waals surface area contributed by atoms with Crippen LogP contribution < -0.4 is 21.0 Å². The smallest absolute Gasteiger partial charge is 0.408 e. The summed E-state index contributed by atoms with van der Waals surface area (Å²) in [5.41, 5.74) is 0.785. The maximum Gasteiger partial charge on any atom is 0.408 e. The lowest BCUT2D eigenvalue weighted by atomic mass is 9.96. The molecule has 14 nitrogen and oxygen atoms in total. The summed E-state index contributed by atoms with van der Waals surface area (Å²) in [5, 5.41) is 10.2. The van der Waals surface area contributed by atoms with Crippen molar-refractivity contribution in [2.75, 3.05) is 26.5 Å². The third-order valence-electron chi connectivity index (χ3n) is 14.8. The lowest BCUT2D eigenvalue weighted by Gasteiger charge is -2.45. The number of nitrogens with zero attached hydrogens (tertiary/aromatic N) is 2. The van der Waals surface area contributed by atoms with Crippen LogP contribution in [0.25, 0.3) is 0 Å². The van der Waals surface area contributed by atoms with Crippen molar-refractivity contribution in [3.05, 3.63) is 96.6 Å². The standard InChI is InChI=1S/C62H98N4O10Si2/c1-9-10-11-12-13-14-15-16-17-18-19-20-30-43-57(75-60(70)56(64-61(71)73-48-52-35-24-21-25-36-52)42-31-33-44-65(49-67)74-50-72-46-47-77(6,7)8)51(2)58(68)63-55-41-32-34-45-66(59(55)69)76-78(62(3,4)5,53-37-26-22-27-38-53)54-39-28-23-29-40-54/h21-29,35-40,49,51,55-57H,9-20,30-34,41-48,50H2,1-8H3,(H,63,68)(H,64,71)/t51-,55+,56+,57+/m0/s1. The quantitative estimate of drug-likeness (QED) is 0.0141. The Kier molecular flexibility index (Phi) is 30.0. The second-order valence-electron chi connectivity index (χ2n) is 23.5. The first-order valence-electron chi connectivity index (χ1n) is 29.5. The molecule has 1 aliphatic rings. The number of carbonyl (C=O) groups is 5. The average Bonchev–Trinajstić information content (AvgIpc) is 3.65. The Bertz CT molecular complexity index is 2120. The number of carbonyl (C=O) groups excluding carboxylic acids is 5. The third-order valence-corrected chi connectivity index (χ3v) is 21.4. The van der Waals surface area contributed by atoms with Crippen molar-refractivity contribution >= 4 is 57.1 Å². The second-order valence-corrected chi connectivity index (χ2v) is 33.3. The fourth-order valence-corrected chi connectivity index (χ4v) is 15.1. The summed E-state index contributed by atoms with van der Waals surface area (Å²) in [6.07, 6.45) is 17.5. The molecule has 434 valence electrons. The SMILES string of the molecule is CCCCCCCCCCCCCCC[C@@H](OC(=O)[C@@H](CCCCN(C=O)OCOCC[Si](C)(C)C)NC(=O)OCc1ccccc1)[C@H](C)C(=O)N[C@@H]1CCCCN(O[Si](c2ccccc2)(c2ccccc2)C(C)(C)C)C1=O. The summed E-state index contributed by atoms with van der Waals surface area (Å²) in [6, 6.07) is 28.6. The number of hydrogen-bond acceptors (Lipinski definition) is 10. The molecule has 0 unspecified atom stereocenters. The number of benzene rings is 3. The number of hydroxylamine groups is 4. The van der Waals surface area contributed by atoms with Gasteiger partial charge in [0.25, 0.3) is 14.2 Å². The average molecular weight is 1120 g/mol. The van der Waals surface area contributed by atoms with Gasteiger partial charge >= 0.3 is 12.1 Å². The van der Waals surface area contributed by atoms with Crippen LogP contribution in [0.3, 0.4) is 0 Å². The molecule has 16 heteroatoms. The van der Waals surface area contributed by atoms with Crippen molar-refractivity contribution in [2.45, 2.75) is 219 Å². The Morgan fingerprint density at radius 3 is 1.86 bits per heavy atom. The van der Waals surface area contributed by atoms with Gasteiger partial charge < -0.3 is 29.4 Å². The Labute approximate surface area is 470 Å². The number of esters is 1. The zero-order valence-electron chi connectivity index (χ0n) is 48.9. The lowest BCUT2D eigenvalue weighted by Crippen LogP contribution is -2.69. The van der Waals surface area contributed by atoms with Gasteiger partial charge in [-0.2, -0.15) is 0 Å². The van der Waals surface area contributed by atoms with Gasteiger partial charge in [0, 0.05) is 27.8 Å². The molecule has 4 atom stereocenters. The van der Waals surface area contributed by atoms with Gasteiger partial charge in [0.1, 0.15) is 24.8 Å². The molecule has 0 aromatic heterocycles. The molecule has 3 aromatic rings. The van der Waals surface area contributed by atoms with Crippen LogP contribution in [-0.2, 0) is 49.4 Å². The van der Waals surface area contributed by atoms with Crippen LogP contribution in [0.1, 0.15) is 169 Å². The molecular formula is C62H98N4O10Si2. The monoisotopic (exact) mass is 1110 g/mol. The van der Waals surface area contributed by atoms with Gasteiger partial charge in [0.15, 0.2) is 6.79 Å². The highest BCUT2D eigenvalue weighted by Crippen LogP contribution is 2.38. The van der Waals surface area contributed by atoms with E-state index < -0.39 is 63.5 Å². The van der Waals surface area contributed by atoms with E-state index in [9.17, 15) is 24.0 Å². The first-order valence-corrected chi connectivity index (χ1v) is 35.1. The van der Waals surface area contributed by atoms with Gasteiger partial charge in [-0.15, -0.1) is 0 Å². The van der Waals surface area contributed by atoms with E-state index in [0.29, 0.717) is 58.1 Å². The van der Waals surface area contributed by atoms with Crippen molar-refractivity contribution in [3.8, 4) is 0 Å². The summed E-state index contributed by atoms with van der Waals surface area (Å²) in [5.74, 6) is -2.25. The molecule has 3 aromatic carbocycles. The van der Waals surface area contributed by atoms with Crippen LogP contribution >= 0.6 is 0 Å². The molecule has 0 radical (unpaired) electrons. The molecule has 4 rings (SSSR count). The van der Waals surface area contributed by atoms with Gasteiger partial charge in [0.2, 0.25) is 12.3 Å². The Balaban J connectivity index is 1.50. The molecule has 1 heterocycles. The van der Waals surface area contributed by atoms with Gasteiger partial charge in [-0.25, -0.2) is 24.6 Å². The molecule has 0 spiro atoms. The van der Waals surface area contributed by atoms with E-state index in [4.69, 9.17) is 23.6 Å². The van der Waals surface area contributed by atoms with E-state index in [1.807, 2.05) is 66.7 Å². The molecular weight excluding hydrogens is 1020 g/mol. The van der Waals surface area contributed by atoms with E-state index in [2.05, 4.69) is 82.2 Å². The van der Waals surface area contributed by atoms with Crippen molar-refractivity contribution in [1.29, 1.82) is 0 Å². The molecule has 0 saturated carbocycles. The van der Waals surface area contributed by atoms with Crippen molar-refractivity contribution in [1.82, 2.24) is 20.8 Å². The lowest BCUT2D eigenvalue weighted by molar-refractivity contribution is -0.213. The van der Waals surface area contributed by atoms with Crippen molar-refractivity contribution < 1.29 is 47.5 Å². The number of nitrogens with one attached hydrogen (secondary N) is 2. The fraction of sp³-hybridized carbons (Fsp3) is 0.629. The van der Waals surface area contributed by atoms with E-state index in [1.165, 1.54) is 67.9 Å². The van der Waals surface area contributed by atoms with Crippen LogP contribution in [0.2, 0.25) is 30.7 Å². The summed E-state index contributed by atoms with van der Waals surface area (Å²) in [6.45, 7) is 18.4. The molecule has 1 aliphatic heterocycles. The number of amides is 4. The van der Waals surface area contributed by atoms with E-state index >= 15 is 0 Å². The van der Waals surface area contributed by atoms with E-state index in [1.54, 1.807) is 6.92 Å². The summed E-state index contributed by atoms with van der Waals surface area (Å²) < 4.78 is 24.8. The van der Waals surface area contributed by atoms with Gasteiger partial charge in [-0.1, -0.05) is 222 Å². The van der Waals surface area contributed by atoms with Gasteiger partial charge in [-0.05, 0) is 78.4 Å². The van der Waals surface area contributed by atoms with E-state index in [-0.39, 0.29) is 32.3 Å². The maximum absolute atomic E-state index is 14.8. The van der Waals surface area contributed by atoms with Gasteiger partial charge in [0.05, 0.1) is 5.92 Å². The molecule has 2 N–H and O–H groups in total. The minimum Gasteiger partial charge on any atom is -0.460 e. The highest BCUT2D eigenvalue weighted by molar-refractivity contribution is 6.99. The Morgan fingerprint density at radius 2 is 1.31 bits per heavy atom. The number of hydrogen-bond donors (Lipinski definition) is 2. The fourth-order valence-electron chi connectivity index (χ4n) is 9.96. The topological polar surface area (TPSA) is 162 Å². The zero-order valence-corrected chi connectivity index (χ0v) is 50.9. The number of rotatable bonds is 38. The van der Waals surface area contributed by atoms with Gasteiger partial charge in [-0.3, -0.25) is 14.4 Å². The van der Waals surface area contributed by atoms with Crippen LogP contribution in [-0.4, -0.2) is 101 Å². The third kappa shape index (κ3) is 23.5. The van der Waals surface area contributed by atoms with Crippen molar-refractivity contribution in [2.24, 2.45) is 5.92 Å². The first kappa shape index (κ1) is 65.6. The first-order chi connectivity index (χ1) is 37.5. The predicted molar refractivity (Wildman–Crippen MR) is 316 cm³/mol. The van der Waals surface area contributed by atoms with Crippen LogP contribution in [0.15, 0.2) is 91.0 Å². The highest BCUT2D eigenvalue weighted by atomic mass is 28.4. The second kappa shape index (κ2) is 35.7. The van der Waals surface area contributed by atoms with Crippen LogP contribution in [0, 0.1) is 5.92 Å². The minimum absolute atomic E-state index is 0.000787. The molecule has 4 amide bonds. The van der Waals surface area contributed by atoms with Crippen LogP contribution in [0.5, 0.6) is 0 Å². The van der Waals surface area contributed by atoms with E-state index in [0.717, 1.165) is 47.7 Å². The van der Waals surface area contributed by atoms with Crippen LogP contribution in [0.4, 0.5) is 4.79 Å². The predicted octanol–water partition coefficient (Wildman–Crippen LogP) is 12.2. The minimum atomic E-state index is -3.18. The molecule has 1 fully saturated rings. The van der Waals surface area contributed by atoms with Crippen molar-refractivity contribution in [3.63, 3.8) is 0 Å². The largest absolute Gasteiger partial charge is 0.460 e. The highest BCUT2D eigenvalue weighted by Gasteiger charge is 2.53. The number of alkyl carbamates (subject to hydrolysis) is 1. The zero-order chi connectivity index (χ0) is 56.7. The summed E-state index contributed by atoms with van der Waals surface area (Å²) >= 11 is 0. The number of unbranched alkanes of at least 4 members (excludes halogenated alkanes) is 13. The Hall–Kier alpha value is -4.88. The normalized spacial score (nSPS) is 15.4. The summed E-state index contributed by atoms with van der Waals surface area (Å²) in [4.78, 5) is 74.7. The molecule has 78 heavy (non-hydrogen) atoms. The molecule has 1 saturated heterocycles. The summed E-state index contributed by atoms with van der Waals surface area (Å²) in [7, 11) is -4.47. The number of ether oxygens (including phenoxy) is 3. The molecule has 0 aliphatic carbocycles.